The number of aryl methyl sites for hydroxylation is 3. The maximum atomic E-state index is 5.40. The molecule has 0 aliphatic heterocycles. The summed E-state index contributed by atoms with van der Waals surface area (Å²) in [7, 11) is 1.86. The van der Waals surface area contributed by atoms with Crippen LogP contribution in [0.1, 0.15) is 36.6 Å². The molecule has 4 rings (SSSR count). The van der Waals surface area contributed by atoms with Gasteiger partial charge >= 0.3 is 0 Å². The van der Waals surface area contributed by atoms with Crippen LogP contribution in [0.2, 0.25) is 0 Å². The summed E-state index contributed by atoms with van der Waals surface area (Å²) < 4.78 is 5.40. The maximum absolute atomic E-state index is 5.40. The van der Waals surface area contributed by atoms with E-state index in [1.165, 1.54) is 0 Å². The van der Waals surface area contributed by atoms with Gasteiger partial charge in [-0.1, -0.05) is 60.7 Å². The van der Waals surface area contributed by atoms with Gasteiger partial charge in [0.2, 0.25) is 11.8 Å². The molecule has 0 fully saturated rings. The number of hydrogen-bond acceptors (Lipinski definition) is 5. The van der Waals surface area contributed by atoms with E-state index in [9.17, 15) is 0 Å². The Morgan fingerprint density at radius 1 is 0.900 bits per heavy atom. The fourth-order valence-corrected chi connectivity index (χ4v) is 3.38. The van der Waals surface area contributed by atoms with E-state index in [0.717, 1.165) is 59.7 Å². The summed E-state index contributed by atoms with van der Waals surface area (Å²) in [4.78, 5) is 1.63. The largest absolute Gasteiger partial charge is 0.426 e. The van der Waals surface area contributed by atoms with Gasteiger partial charge in [0.25, 0.3) is 0 Å². The van der Waals surface area contributed by atoms with Crippen LogP contribution in [0, 0.1) is 6.92 Å². The van der Waals surface area contributed by atoms with E-state index in [1.807, 2.05) is 32.2 Å². The lowest BCUT2D eigenvalue weighted by Crippen LogP contribution is -1.92. The zero-order chi connectivity index (χ0) is 20.8. The molecule has 0 spiro atoms. The van der Waals surface area contributed by atoms with Gasteiger partial charge in [0, 0.05) is 31.5 Å². The van der Waals surface area contributed by atoms with Gasteiger partial charge < -0.3 is 4.42 Å². The van der Waals surface area contributed by atoms with E-state index >= 15 is 0 Å². The molecule has 0 unspecified atom stereocenters. The van der Waals surface area contributed by atoms with Gasteiger partial charge in [-0.2, -0.15) is 15.0 Å². The molecule has 0 N–H and O–H groups in total. The summed E-state index contributed by atoms with van der Waals surface area (Å²) in [6.07, 6.45) is 8.34. The molecule has 0 saturated carbocycles. The lowest BCUT2D eigenvalue weighted by molar-refractivity contribution is 0.459. The molecule has 30 heavy (non-hydrogen) atoms. The summed E-state index contributed by atoms with van der Waals surface area (Å²) in [6, 6.07) is 18.6. The van der Waals surface area contributed by atoms with Crippen LogP contribution in [0.25, 0.3) is 28.6 Å². The van der Waals surface area contributed by atoms with Gasteiger partial charge in [-0.05, 0) is 30.9 Å². The third kappa shape index (κ3) is 4.89. The van der Waals surface area contributed by atoms with Crippen molar-refractivity contribution in [3.05, 3.63) is 78.0 Å². The number of hydrogen-bond donors (Lipinski definition) is 0. The molecule has 0 saturated heterocycles. The van der Waals surface area contributed by atoms with E-state index in [4.69, 9.17) is 4.42 Å². The van der Waals surface area contributed by atoms with Crippen LogP contribution in [-0.4, -0.2) is 25.2 Å². The lowest BCUT2D eigenvalue weighted by Gasteiger charge is -2.03. The second-order valence-electron chi connectivity index (χ2n) is 7.24. The minimum absolute atomic E-state index is 0.628. The van der Waals surface area contributed by atoms with Crippen LogP contribution >= 0.6 is 0 Å². The highest BCUT2D eigenvalue weighted by Gasteiger charge is 2.13. The van der Waals surface area contributed by atoms with Crippen LogP contribution < -0.4 is 0 Å². The summed E-state index contributed by atoms with van der Waals surface area (Å²) in [5.74, 6) is 1.35. The van der Waals surface area contributed by atoms with Crippen molar-refractivity contribution in [2.45, 2.75) is 32.6 Å². The lowest BCUT2D eigenvalue weighted by atomic mass is 10.0. The monoisotopic (exact) mass is 399 g/mol. The van der Waals surface area contributed by atoms with Gasteiger partial charge in [0.1, 0.15) is 11.4 Å². The molecule has 4 aromatic rings. The first-order chi connectivity index (χ1) is 14.7. The summed E-state index contributed by atoms with van der Waals surface area (Å²) >= 11 is 0. The molecule has 0 bridgehead atoms. The first-order valence-electron chi connectivity index (χ1n) is 10.2. The van der Waals surface area contributed by atoms with Crippen LogP contribution in [0.3, 0.4) is 0 Å². The molecule has 2 aromatic carbocycles. The molecule has 0 radical (unpaired) electrons. The van der Waals surface area contributed by atoms with Crippen molar-refractivity contribution in [1.29, 1.82) is 0 Å². The zero-order valence-electron chi connectivity index (χ0n) is 17.3. The second-order valence-corrected chi connectivity index (χ2v) is 7.24. The molecule has 6 nitrogen and oxygen atoms in total. The van der Waals surface area contributed by atoms with Crippen LogP contribution in [0.5, 0.6) is 0 Å². The quantitative estimate of drug-likeness (QED) is 0.378. The van der Waals surface area contributed by atoms with E-state index in [2.05, 4.69) is 68.9 Å². The Kier molecular flexibility index (Phi) is 6.13. The van der Waals surface area contributed by atoms with Crippen molar-refractivity contribution in [3.63, 3.8) is 0 Å². The van der Waals surface area contributed by atoms with Crippen LogP contribution in [0.15, 0.2) is 65.1 Å². The average molecular weight is 399 g/mol. The van der Waals surface area contributed by atoms with E-state index in [0.29, 0.717) is 5.89 Å². The molecule has 0 amide bonds. The molecule has 152 valence electrons. The topological polar surface area (TPSA) is 69.6 Å². The minimum atomic E-state index is 0.628. The third-order valence-corrected chi connectivity index (χ3v) is 4.81. The normalized spacial score (nSPS) is 11.4. The molecular formula is C24H25N5O. The Hall–Kier alpha value is -3.54. The van der Waals surface area contributed by atoms with E-state index in [-0.39, 0.29) is 0 Å². The smallest absolute Gasteiger partial charge is 0.216 e. The van der Waals surface area contributed by atoms with Crippen molar-refractivity contribution in [3.8, 4) is 22.5 Å². The van der Waals surface area contributed by atoms with Gasteiger partial charge in [-0.25, -0.2) is 0 Å². The number of allylic oxidation sites excluding steroid dienone is 1. The van der Waals surface area contributed by atoms with E-state index < -0.39 is 0 Å². The predicted octanol–water partition coefficient (Wildman–Crippen LogP) is 5.27. The average Bonchev–Trinajstić information content (AvgIpc) is 3.37. The SMILES string of the molecule is Cc1nnc(CCCC/C=C/c2cccc(-c3nn(C)nc3-c3ccccc3)c2)o1. The van der Waals surface area contributed by atoms with Crippen LogP contribution in [0.4, 0.5) is 0 Å². The molecule has 0 atom stereocenters. The number of unbranched alkanes of at least 4 members (excludes halogenated alkanes) is 2. The Balaban J connectivity index is 1.40. The van der Waals surface area contributed by atoms with Crippen molar-refractivity contribution < 1.29 is 4.42 Å². The van der Waals surface area contributed by atoms with Crippen molar-refractivity contribution in [2.24, 2.45) is 7.05 Å². The fraction of sp³-hybridized carbons (Fsp3) is 0.250. The third-order valence-electron chi connectivity index (χ3n) is 4.81. The van der Waals surface area contributed by atoms with Gasteiger partial charge in [-0.15, -0.1) is 10.2 Å². The first kappa shape index (κ1) is 19.8. The predicted molar refractivity (Wildman–Crippen MR) is 117 cm³/mol. The Morgan fingerprint density at radius 2 is 1.67 bits per heavy atom. The standard InChI is InChI=1S/C24H25N5O/c1-18-25-26-22(30-18)16-9-4-3-6-11-19-12-10-15-21(17-19)24-23(27-29(2)28-24)20-13-7-5-8-14-20/h5-8,10-15,17H,3-4,9,16H2,1-2H3/b11-6+. The molecule has 2 heterocycles. The molecular weight excluding hydrogens is 374 g/mol. The van der Waals surface area contributed by atoms with E-state index in [1.54, 1.807) is 4.80 Å². The summed E-state index contributed by atoms with van der Waals surface area (Å²) in [5.41, 5.74) is 5.09. The van der Waals surface area contributed by atoms with Gasteiger partial charge in [0.05, 0.1) is 0 Å². The zero-order valence-corrected chi connectivity index (χ0v) is 17.3. The second kappa shape index (κ2) is 9.31. The minimum Gasteiger partial charge on any atom is -0.426 e. The number of rotatable bonds is 8. The van der Waals surface area contributed by atoms with Gasteiger partial charge in [0.15, 0.2) is 0 Å². The molecule has 2 aromatic heterocycles. The maximum Gasteiger partial charge on any atom is 0.216 e. The van der Waals surface area contributed by atoms with Crippen molar-refractivity contribution in [1.82, 2.24) is 25.2 Å². The van der Waals surface area contributed by atoms with Crippen molar-refractivity contribution in [2.75, 3.05) is 0 Å². The molecule has 0 aliphatic rings. The highest BCUT2D eigenvalue weighted by atomic mass is 16.4. The van der Waals surface area contributed by atoms with Crippen molar-refractivity contribution >= 4 is 6.08 Å². The Bertz CT molecular complexity index is 1130. The first-order valence-corrected chi connectivity index (χ1v) is 10.2. The highest BCUT2D eigenvalue weighted by Crippen LogP contribution is 2.29. The van der Waals surface area contributed by atoms with Gasteiger partial charge in [-0.3, -0.25) is 0 Å². The number of nitrogens with zero attached hydrogens (tertiary/aromatic N) is 5. The summed E-state index contributed by atoms with van der Waals surface area (Å²) in [6.45, 7) is 1.82. The van der Waals surface area contributed by atoms with Crippen LogP contribution in [-0.2, 0) is 13.5 Å². The Morgan fingerprint density at radius 3 is 2.43 bits per heavy atom. The highest BCUT2D eigenvalue weighted by molar-refractivity contribution is 5.78. The Labute approximate surface area is 176 Å². The molecule has 6 heteroatoms. The number of aromatic nitrogens is 5. The summed E-state index contributed by atoms with van der Waals surface area (Å²) in [5, 5.41) is 17.1. The number of benzene rings is 2. The molecule has 0 aliphatic carbocycles. The fourth-order valence-electron chi connectivity index (χ4n) is 3.38.